The number of hydrogen-bond acceptors (Lipinski definition) is 5. The number of nitrogens with zero attached hydrogens (tertiary/aromatic N) is 4. The van der Waals surface area contributed by atoms with Crippen molar-refractivity contribution in [2.45, 2.75) is 44.0 Å². The molecule has 1 fully saturated rings. The van der Waals surface area contributed by atoms with Crippen molar-refractivity contribution in [2.75, 3.05) is 13.1 Å². The molecule has 30 heavy (non-hydrogen) atoms. The average Bonchev–Trinajstić information content (AvgIpc) is 3.29. The van der Waals surface area contributed by atoms with Crippen LogP contribution >= 0.6 is 11.8 Å². The highest BCUT2D eigenvalue weighted by Gasteiger charge is 2.25. The zero-order chi connectivity index (χ0) is 21.1. The van der Waals surface area contributed by atoms with Crippen LogP contribution in [0.1, 0.15) is 30.9 Å². The van der Waals surface area contributed by atoms with E-state index in [1.54, 1.807) is 0 Å². The van der Waals surface area contributed by atoms with Gasteiger partial charge in [-0.25, -0.2) is 4.98 Å². The summed E-state index contributed by atoms with van der Waals surface area (Å²) in [5, 5.41) is 9.18. The van der Waals surface area contributed by atoms with Crippen LogP contribution in [-0.4, -0.2) is 44.3 Å². The number of aryl methyl sites for hydroxylation is 2. The summed E-state index contributed by atoms with van der Waals surface area (Å²) in [4.78, 5) is 19.5. The molecule has 0 saturated carbocycles. The normalized spacial score (nSPS) is 14.7. The van der Waals surface area contributed by atoms with Crippen LogP contribution in [0.15, 0.2) is 53.7 Å². The summed E-state index contributed by atoms with van der Waals surface area (Å²) in [7, 11) is 0. The Balaban J connectivity index is 1.67. The first-order chi connectivity index (χ1) is 14.5. The second-order valence-electron chi connectivity index (χ2n) is 7.82. The van der Waals surface area contributed by atoms with Gasteiger partial charge in [-0.3, -0.25) is 4.79 Å². The smallest absolute Gasteiger partial charge is 0.235 e. The lowest BCUT2D eigenvalue weighted by Crippen LogP contribution is -2.34. The lowest BCUT2D eigenvalue weighted by molar-refractivity contribution is -0.129. The summed E-state index contributed by atoms with van der Waals surface area (Å²) < 4.78 is 0. The van der Waals surface area contributed by atoms with E-state index < -0.39 is 0 Å². The molecule has 5 nitrogen and oxygen atoms in total. The summed E-state index contributed by atoms with van der Waals surface area (Å²) >= 11 is 1.38. The summed E-state index contributed by atoms with van der Waals surface area (Å²) in [6.07, 6.45) is 2.17. The third-order valence-electron chi connectivity index (χ3n) is 5.36. The van der Waals surface area contributed by atoms with E-state index in [-0.39, 0.29) is 11.2 Å². The Morgan fingerprint density at radius 1 is 0.867 bits per heavy atom. The Kier molecular flexibility index (Phi) is 6.13. The molecule has 0 bridgehead atoms. The minimum atomic E-state index is -0.235. The number of carbonyl (C=O) groups is 1. The summed E-state index contributed by atoms with van der Waals surface area (Å²) in [6.45, 7) is 7.75. The minimum Gasteiger partial charge on any atom is -0.342 e. The van der Waals surface area contributed by atoms with Crippen LogP contribution in [0.25, 0.3) is 22.5 Å². The van der Waals surface area contributed by atoms with Crippen molar-refractivity contribution in [3.8, 4) is 22.5 Å². The summed E-state index contributed by atoms with van der Waals surface area (Å²) in [5.41, 5.74) is 5.90. The van der Waals surface area contributed by atoms with Gasteiger partial charge in [-0.15, -0.1) is 10.2 Å². The van der Waals surface area contributed by atoms with Gasteiger partial charge in [0.25, 0.3) is 0 Å². The molecule has 1 saturated heterocycles. The summed E-state index contributed by atoms with van der Waals surface area (Å²) in [5.74, 6) is 0.153. The molecule has 1 aliphatic rings. The summed E-state index contributed by atoms with van der Waals surface area (Å²) in [6, 6.07) is 16.5. The van der Waals surface area contributed by atoms with Gasteiger partial charge in [-0.1, -0.05) is 71.4 Å². The quantitative estimate of drug-likeness (QED) is 0.550. The maximum Gasteiger partial charge on any atom is 0.235 e. The van der Waals surface area contributed by atoms with Gasteiger partial charge in [-0.05, 0) is 33.6 Å². The lowest BCUT2D eigenvalue weighted by Gasteiger charge is -2.19. The van der Waals surface area contributed by atoms with Gasteiger partial charge >= 0.3 is 0 Å². The minimum absolute atomic E-state index is 0.153. The standard InChI is InChI=1S/C24H26N4OS/c1-16-6-10-19(11-7-16)21-22(20-12-8-17(2)9-13-20)26-27-24(25-21)30-18(3)23(29)28-14-4-5-15-28/h6-13,18H,4-5,14-15H2,1-3H3/t18-/m1/s1. The molecule has 0 unspecified atom stereocenters. The van der Waals surface area contributed by atoms with Crippen molar-refractivity contribution >= 4 is 17.7 Å². The molecule has 2 aromatic carbocycles. The maximum atomic E-state index is 12.7. The van der Waals surface area contributed by atoms with E-state index in [4.69, 9.17) is 4.98 Å². The molecule has 0 N–H and O–H groups in total. The van der Waals surface area contributed by atoms with E-state index in [1.165, 1.54) is 22.9 Å². The fourth-order valence-electron chi connectivity index (χ4n) is 3.58. The Morgan fingerprint density at radius 3 is 1.97 bits per heavy atom. The first kappa shape index (κ1) is 20.5. The van der Waals surface area contributed by atoms with Crippen molar-refractivity contribution in [1.29, 1.82) is 0 Å². The molecule has 2 heterocycles. The van der Waals surface area contributed by atoms with Crippen LogP contribution in [0.5, 0.6) is 0 Å². The number of amides is 1. The molecule has 154 valence electrons. The number of hydrogen-bond donors (Lipinski definition) is 0. The molecular weight excluding hydrogens is 392 g/mol. The van der Waals surface area contributed by atoms with E-state index in [0.717, 1.165) is 48.4 Å². The SMILES string of the molecule is Cc1ccc(-c2nnc(S[C@H](C)C(=O)N3CCCC3)nc2-c2ccc(C)cc2)cc1. The Hall–Kier alpha value is -2.73. The maximum absolute atomic E-state index is 12.7. The Morgan fingerprint density at radius 2 is 1.40 bits per heavy atom. The van der Waals surface area contributed by atoms with Crippen molar-refractivity contribution in [2.24, 2.45) is 0 Å². The number of benzene rings is 2. The van der Waals surface area contributed by atoms with E-state index in [0.29, 0.717) is 5.16 Å². The van der Waals surface area contributed by atoms with E-state index >= 15 is 0 Å². The van der Waals surface area contributed by atoms with E-state index in [2.05, 4.69) is 60.4 Å². The molecule has 6 heteroatoms. The second-order valence-corrected chi connectivity index (χ2v) is 9.12. The van der Waals surface area contributed by atoms with E-state index in [9.17, 15) is 4.79 Å². The van der Waals surface area contributed by atoms with Gasteiger partial charge in [0.05, 0.1) is 5.25 Å². The van der Waals surface area contributed by atoms with Crippen LogP contribution < -0.4 is 0 Å². The molecule has 4 rings (SSSR count). The second kappa shape index (κ2) is 8.96. The number of thioether (sulfide) groups is 1. The largest absolute Gasteiger partial charge is 0.342 e. The monoisotopic (exact) mass is 418 g/mol. The fraction of sp³-hybridized carbons (Fsp3) is 0.333. The average molecular weight is 419 g/mol. The first-order valence-electron chi connectivity index (χ1n) is 10.4. The predicted molar refractivity (Wildman–Crippen MR) is 121 cm³/mol. The molecule has 1 aliphatic heterocycles. The van der Waals surface area contributed by atoms with Crippen LogP contribution in [-0.2, 0) is 4.79 Å². The van der Waals surface area contributed by atoms with Gasteiger partial charge in [-0.2, -0.15) is 0 Å². The molecule has 3 aromatic rings. The van der Waals surface area contributed by atoms with Crippen molar-refractivity contribution < 1.29 is 4.79 Å². The molecule has 0 spiro atoms. The van der Waals surface area contributed by atoms with Crippen molar-refractivity contribution in [3.63, 3.8) is 0 Å². The number of carbonyl (C=O) groups excluding carboxylic acids is 1. The lowest BCUT2D eigenvalue weighted by atomic mass is 10.0. The predicted octanol–water partition coefficient (Wildman–Crippen LogP) is 4.93. The van der Waals surface area contributed by atoms with Gasteiger partial charge < -0.3 is 4.90 Å². The van der Waals surface area contributed by atoms with Crippen molar-refractivity contribution in [1.82, 2.24) is 20.1 Å². The zero-order valence-corrected chi connectivity index (χ0v) is 18.4. The third kappa shape index (κ3) is 4.54. The third-order valence-corrected chi connectivity index (χ3v) is 6.30. The number of likely N-dealkylation sites (tertiary alicyclic amines) is 1. The Bertz CT molecular complexity index is 1030. The van der Waals surface area contributed by atoms with Gasteiger partial charge in [0, 0.05) is 24.2 Å². The first-order valence-corrected chi connectivity index (χ1v) is 11.2. The van der Waals surface area contributed by atoms with Crippen LogP contribution in [0.3, 0.4) is 0 Å². The molecule has 0 radical (unpaired) electrons. The topological polar surface area (TPSA) is 59.0 Å². The van der Waals surface area contributed by atoms with Crippen LogP contribution in [0, 0.1) is 13.8 Å². The molecule has 1 aromatic heterocycles. The Labute approximate surface area is 181 Å². The van der Waals surface area contributed by atoms with Crippen LogP contribution in [0.2, 0.25) is 0 Å². The van der Waals surface area contributed by atoms with Crippen molar-refractivity contribution in [3.05, 3.63) is 59.7 Å². The molecule has 1 amide bonds. The van der Waals surface area contributed by atoms with E-state index in [1.807, 2.05) is 24.0 Å². The zero-order valence-electron chi connectivity index (χ0n) is 17.6. The highest BCUT2D eigenvalue weighted by molar-refractivity contribution is 8.00. The number of aromatic nitrogens is 3. The highest BCUT2D eigenvalue weighted by Crippen LogP contribution is 2.31. The highest BCUT2D eigenvalue weighted by atomic mass is 32.2. The van der Waals surface area contributed by atoms with Gasteiger partial charge in [0.1, 0.15) is 11.4 Å². The van der Waals surface area contributed by atoms with Crippen LogP contribution in [0.4, 0.5) is 0 Å². The molecule has 0 aliphatic carbocycles. The van der Waals surface area contributed by atoms with Gasteiger partial charge in [0.2, 0.25) is 11.1 Å². The fourth-order valence-corrected chi connectivity index (χ4v) is 4.38. The number of rotatable bonds is 5. The molecular formula is C24H26N4OS. The van der Waals surface area contributed by atoms with Gasteiger partial charge in [0.15, 0.2) is 0 Å². The molecule has 1 atom stereocenters.